The van der Waals surface area contributed by atoms with Crippen molar-refractivity contribution < 1.29 is 9.59 Å². The summed E-state index contributed by atoms with van der Waals surface area (Å²) in [7, 11) is 1.88. The average Bonchev–Trinajstić information content (AvgIpc) is 3.16. The number of aryl methyl sites for hydroxylation is 1. The highest BCUT2D eigenvalue weighted by molar-refractivity contribution is 9.10. The van der Waals surface area contributed by atoms with E-state index in [1.54, 1.807) is 11.6 Å². The van der Waals surface area contributed by atoms with Gasteiger partial charge in [-0.25, -0.2) is 4.98 Å². The maximum atomic E-state index is 12.1. The van der Waals surface area contributed by atoms with E-state index in [0.29, 0.717) is 9.93 Å². The van der Waals surface area contributed by atoms with E-state index in [-0.39, 0.29) is 23.3 Å². The summed E-state index contributed by atoms with van der Waals surface area (Å²) in [6, 6.07) is 5.94. The molecule has 25 heavy (non-hydrogen) atoms. The number of hydrogen-bond acceptors (Lipinski definition) is 6. The number of benzene rings is 1. The quantitative estimate of drug-likeness (QED) is 0.638. The van der Waals surface area contributed by atoms with Crippen LogP contribution in [0.1, 0.15) is 0 Å². The summed E-state index contributed by atoms with van der Waals surface area (Å²) in [4.78, 5) is 32.6. The van der Waals surface area contributed by atoms with E-state index in [9.17, 15) is 9.59 Å². The number of thioether (sulfide) groups is 1. The minimum Gasteiger partial charge on any atom is -0.319 e. The van der Waals surface area contributed by atoms with Gasteiger partial charge >= 0.3 is 0 Å². The van der Waals surface area contributed by atoms with Gasteiger partial charge in [0.05, 0.1) is 21.7 Å². The molecular weight excluding hydrogens is 444 g/mol. The van der Waals surface area contributed by atoms with E-state index >= 15 is 0 Å². The van der Waals surface area contributed by atoms with Gasteiger partial charge in [0.1, 0.15) is 0 Å². The molecule has 0 saturated heterocycles. The van der Waals surface area contributed by atoms with Crippen LogP contribution >= 0.6 is 50.4 Å². The summed E-state index contributed by atoms with van der Waals surface area (Å²) in [5, 5.41) is 5.02. The molecule has 10 heteroatoms. The fourth-order valence-corrected chi connectivity index (χ4v) is 4.76. The molecule has 0 aliphatic heterocycles. The molecule has 0 fully saturated rings. The molecule has 3 rings (SSSR count). The van der Waals surface area contributed by atoms with Crippen LogP contribution in [0, 0.1) is 0 Å². The molecule has 0 bridgehead atoms. The van der Waals surface area contributed by atoms with Gasteiger partial charge in [-0.15, -0.1) is 23.1 Å². The predicted molar refractivity (Wildman–Crippen MR) is 107 cm³/mol. The summed E-state index contributed by atoms with van der Waals surface area (Å²) in [6.07, 6.45) is 1.62. The van der Waals surface area contributed by atoms with E-state index in [1.807, 2.05) is 29.8 Å². The van der Waals surface area contributed by atoms with Crippen LogP contribution in [0.5, 0.6) is 0 Å². The van der Waals surface area contributed by atoms with Gasteiger partial charge in [0.15, 0.2) is 9.93 Å². The van der Waals surface area contributed by atoms with Crippen LogP contribution in [0.2, 0.25) is 0 Å². The van der Waals surface area contributed by atoms with Crippen molar-refractivity contribution in [1.29, 1.82) is 0 Å². The molecule has 0 atom stereocenters. The maximum Gasteiger partial charge on any atom is 0.258 e. The third-order valence-electron chi connectivity index (χ3n) is 3.13. The zero-order chi connectivity index (χ0) is 17.8. The van der Waals surface area contributed by atoms with E-state index in [1.165, 1.54) is 34.4 Å². The van der Waals surface area contributed by atoms with Crippen LogP contribution in [-0.2, 0) is 16.6 Å². The molecule has 130 valence electrons. The Morgan fingerprint density at radius 3 is 3.00 bits per heavy atom. The number of halogens is 1. The fraction of sp³-hybridized carbons (Fsp3) is 0.200. The molecule has 2 aromatic heterocycles. The van der Waals surface area contributed by atoms with Gasteiger partial charge in [-0.1, -0.05) is 27.3 Å². The Morgan fingerprint density at radius 1 is 1.40 bits per heavy atom. The number of carbonyl (C=O) groups is 2. The van der Waals surface area contributed by atoms with Crippen molar-refractivity contribution in [3.63, 3.8) is 0 Å². The van der Waals surface area contributed by atoms with Gasteiger partial charge in [-0.2, -0.15) is 4.99 Å². The van der Waals surface area contributed by atoms with Crippen LogP contribution in [0.4, 0.5) is 5.13 Å². The van der Waals surface area contributed by atoms with Crippen molar-refractivity contribution in [2.24, 2.45) is 12.0 Å². The Bertz CT molecular complexity index is 978. The number of amides is 2. The minimum absolute atomic E-state index is 0.156. The highest BCUT2D eigenvalue weighted by Crippen LogP contribution is 2.21. The first kappa shape index (κ1) is 18.3. The van der Waals surface area contributed by atoms with Gasteiger partial charge in [0, 0.05) is 23.1 Å². The monoisotopic (exact) mass is 456 g/mol. The Morgan fingerprint density at radius 2 is 2.24 bits per heavy atom. The summed E-state index contributed by atoms with van der Waals surface area (Å²) >= 11 is 7.49. The first-order chi connectivity index (χ1) is 12.0. The molecule has 0 radical (unpaired) electrons. The second-order valence-corrected chi connectivity index (χ2v) is 8.74. The highest BCUT2D eigenvalue weighted by atomic mass is 79.9. The molecule has 2 amide bonds. The van der Waals surface area contributed by atoms with E-state index in [2.05, 4.69) is 31.2 Å². The number of nitrogens with zero attached hydrogens (tertiary/aromatic N) is 3. The molecule has 0 unspecified atom stereocenters. The number of nitrogens with one attached hydrogen (secondary N) is 1. The number of hydrogen-bond donors (Lipinski definition) is 1. The van der Waals surface area contributed by atoms with Gasteiger partial charge in [0.2, 0.25) is 5.91 Å². The largest absolute Gasteiger partial charge is 0.319 e. The second-order valence-electron chi connectivity index (χ2n) is 4.94. The molecule has 0 aliphatic carbocycles. The van der Waals surface area contributed by atoms with Crippen molar-refractivity contribution in [2.75, 3.05) is 16.8 Å². The number of aromatic nitrogens is 2. The van der Waals surface area contributed by atoms with Crippen LogP contribution < -0.4 is 10.1 Å². The van der Waals surface area contributed by atoms with Crippen LogP contribution in [0.25, 0.3) is 10.2 Å². The summed E-state index contributed by atoms with van der Waals surface area (Å²) in [5.41, 5.74) is 1.02. The number of fused-ring (bicyclic) bond motifs is 1. The Kier molecular flexibility index (Phi) is 6.05. The zero-order valence-electron chi connectivity index (χ0n) is 13.1. The third-order valence-corrected chi connectivity index (χ3v) is 6.32. The van der Waals surface area contributed by atoms with Crippen molar-refractivity contribution in [1.82, 2.24) is 9.55 Å². The number of carbonyl (C=O) groups excluding carboxylic acids is 2. The van der Waals surface area contributed by atoms with Crippen molar-refractivity contribution in [3.05, 3.63) is 39.1 Å². The van der Waals surface area contributed by atoms with Crippen molar-refractivity contribution in [3.8, 4) is 0 Å². The standard InChI is InChI=1S/C15H13BrN4O2S3/c1-20-10-3-2-9(16)6-11(10)25-15(20)19-13(22)8-23-7-12(21)18-14-17-4-5-24-14/h2-6H,7-8H2,1H3,(H,17,18,21). The first-order valence-corrected chi connectivity index (χ1v) is 10.8. The maximum absolute atomic E-state index is 12.1. The van der Waals surface area contributed by atoms with Crippen LogP contribution in [-0.4, -0.2) is 32.9 Å². The number of rotatable bonds is 5. The fourth-order valence-electron chi connectivity index (χ4n) is 2.02. The third kappa shape index (κ3) is 4.78. The molecule has 3 aromatic rings. The lowest BCUT2D eigenvalue weighted by Crippen LogP contribution is -2.16. The van der Waals surface area contributed by atoms with E-state index < -0.39 is 0 Å². The SMILES string of the molecule is Cn1c(=NC(=O)CSCC(=O)Nc2nccs2)sc2cc(Br)ccc21. The molecule has 1 aromatic carbocycles. The van der Waals surface area contributed by atoms with Crippen molar-refractivity contribution >= 4 is 77.5 Å². The molecule has 0 spiro atoms. The molecule has 1 N–H and O–H groups in total. The summed E-state index contributed by atoms with van der Waals surface area (Å²) in [6.45, 7) is 0. The van der Waals surface area contributed by atoms with Gasteiger partial charge in [-0.3, -0.25) is 9.59 Å². The molecular formula is C15H13BrN4O2S3. The van der Waals surface area contributed by atoms with E-state index in [4.69, 9.17) is 0 Å². The number of thiazole rings is 2. The molecule has 2 heterocycles. The summed E-state index contributed by atoms with van der Waals surface area (Å²) in [5.74, 6) is -0.0893. The normalized spacial score (nSPS) is 11.8. The lowest BCUT2D eigenvalue weighted by molar-refractivity contribution is -0.115. The second kappa shape index (κ2) is 8.26. The smallest absolute Gasteiger partial charge is 0.258 e. The zero-order valence-corrected chi connectivity index (χ0v) is 17.1. The summed E-state index contributed by atoms with van der Waals surface area (Å²) < 4.78 is 3.94. The predicted octanol–water partition coefficient (Wildman–Crippen LogP) is 3.26. The Balaban J connectivity index is 1.59. The van der Waals surface area contributed by atoms with Gasteiger partial charge in [0.25, 0.3) is 5.91 Å². The molecule has 0 aliphatic rings. The van der Waals surface area contributed by atoms with Crippen LogP contribution in [0.15, 0.2) is 39.2 Å². The lowest BCUT2D eigenvalue weighted by atomic mass is 10.3. The van der Waals surface area contributed by atoms with Gasteiger partial charge in [-0.05, 0) is 18.2 Å². The van der Waals surface area contributed by atoms with Gasteiger partial charge < -0.3 is 9.88 Å². The minimum atomic E-state index is -0.256. The molecule has 0 saturated carbocycles. The first-order valence-electron chi connectivity index (χ1n) is 7.12. The Labute approximate surface area is 164 Å². The molecule has 6 nitrogen and oxygen atoms in total. The topological polar surface area (TPSA) is 76.3 Å². The lowest BCUT2D eigenvalue weighted by Gasteiger charge is -2.00. The average molecular weight is 457 g/mol. The Hall–Kier alpha value is -1.49. The van der Waals surface area contributed by atoms with Crippen LogP contribution in [0.3, 0.4) is 0 Å². The van der Waals surface area contributed by atoms with E-state index in [0.717, 1.165) is 14.7 Å². The highest BCUT2D eigenvalue weighted by Gasteiger charge is 2.08. The van der Waals surface area contributed by atoms with Crippen molar-refractivity contribution in [2.45, 2.75) is 0 Å². The number of anilines is 1.